The van der Waals surface area contributed by atoms with Crippen molar-refractivity contribution >= 4 is 23.2 Å². The van der Waals surface area contributed by atoms with Gasteiger partial charge in [-0.15, -0.1) is 0 Å². The normalized spacial score (nSPS) is 11.0. The molecule has 0 aliphatic rings. The molecule has 0 aliphatic carbocycles. The topological polar surface area (TPSA) is 67.4 Å². The zero-order chi connectivity index (χ0) is 19.3. The smallest absolute Gasteiger partial charge is 0.233 e. The van der Waals surface area contributed by atoms with E-state index in [4.69, 9.17) is 4.74 Å². The molecule has 0 fully saturated rings. The fourth-order valence-corrected chi connectivity index (χ4v) is 2.70. The SMILES string of the molecule is COc1ccc(C)cc1NC(=O)CC(=O)Nc1ccccc1C(C)(C)C. The van der Waals surface area contributed by atoms with Gasteiger partial charge >= 0.3 is 0 Å². The molecule has 5 heteroatoms. The van der Waals surface area contributed by atoms with Gasteiger partial charge in [0.25, 0.3) is 0 Å². The summed E-state index contributed by atoms with van der Waals surface area (Å²) in [4.78, 5) is 24.6. The van der Waals surface area contributed by atoms with Gasteiger partial charge in [0.2, 0.25) is 11.8 Å². The number of aryl methyl sites for hydroxylation is 1. The van der Waals surface area contributed by atoms with Crippen LogP contribution in [0.15, 0.2) is 42.5 Å². The molecule has 0 aromatic heterocycles. The van der Waals surface area contributed by atoms with Crippen molar-refractivity contribution in [3.63, 3.8) is 0 Å². The number of methoxy groups -OCH3 is 1. The van der Waals surface area contributed by atoms with Crippen molar-refractivity contribution in [2.24, 2.45) is 0 Å². The molecule has 2 aromatic carbocycles. The first-order valence-corrected chi connectivity index (χ1v) is 8.54. The van der Waals surface area contributed by atoms with Crippen LogP contribution in [0.4, 0.5) is 11.4 Å². The van der Waals surface area contributed by atoms with Gasteiger partial charge < -0.3 is 15.4 Å². The van der Waals surface area contributed by atoms with Crippen LogP contribution in [-0.4, -0.2) is 18.9 Å². The summed E-state index contributed by atoms with van der Waals surface area (Å²) in [6.45, 7) is 8.16. The largest absolute Gasteiger partial charge is 0.495 e. The summed E-state index contributed by atoms with van der Waals surface area (Å²) in [5.74, 6) is -0.187. The Bertz CT molecular complexity index is 807. The summed E-state index contributed by atoms with van der Waals surface area (Å²) in [6, 6.07) is 13.1. The Balaban J connectivity index is 2.05. The second kappa shape index (κ2) is 8.04. The van der Waals surface area contributed by atoms with Gasteiger partial charge in [0.1, 0.15) is 12.2 Å². The Hall–Kier alpha value is -2.82. The number of hydrogen-bond donors (Lipinski definition) is 2. The van der Waals surface area contributed by atoms with E-state index in [0.29, 0.717) is 11.4 Å². The fourth-order valence-electron chi connectivity index (χ4n) is 2.70. The van der Waals surface area contributed by atoms with Crippen LogP contribution in [0.25, 0.3) is 0 Å². The van der Waals surface area contributed by atoms with Crippen LogP contribution in [0.2, 0.25) is 0 Å². The molecule has 0 bridgehead atoms. The molecule has 0 unspecified atom stereocenters. The average Bonchev–Trinajstić information content (AvgIpc) is 2.54. The average molecular weight is 354 g/mol. The molecule has 2 aromatic rings. The molecule has 2 rings (SSSR count). The van der Waals surface area contributed by atoms with Crippen LogP contribution < -0.4 is 15.4 Å². The van der Waals surface area contributed by atoms with Crippen molar-refractivity contribution in [1.29, 1.82) is 0 Å². The molecule has 0 saturated carbocycles. The Labute approximate surface area is 154 Å². The first kappa shape index (κ1) is 19.5. The van der Waals surface area contributed by atoms with E-state index in [1.807, 2.05) is 43.3 Å². The number of benzene rings is 2. The monoisotopic (exact) mass is 354 g/mol. The van der Waals surface area contributed by atoms with Crippen LogP contribution in [0.5, 0.6) is 5.75 Å². The number of hydrogen-bond acceptors (Lipinski definition) is 3. The lowest BCUT2D eigenvalue weighted by molar-refractivity contribution is -0.123. The van der Waals surface area contributed by atoms with E-state index in [9.17, 15) is 9.59 Å². The minimum absolute atomic E-state index is 0.110. The predicted molar refractivity (Wildman–Crippen MR) is 105 cm³/mol. The Morgan fingerprint density at radius 2 is 1.58 bits per heavy atom. The highest BCUT2D eigenvalue weighted by Crippen LogP contribution is 2.29. The standard InChI is InChI=1S/C21H26N2O3/c1-14-10-11-18(26-5)17(12-14)23-20(25)13-19(24)22-16-9-7-6-8-15(16)21(2,3)4/h6-12H,13H2,1-5H3,(H,22,24)(H,23,25). The minimum Gasteiger partial charge on any atom is -0.495 e. The van der Waals surface area contributed by atoms with Gasteiger partial charge in [0.15, 0.2) is 0 Å². The molecule has 26 heavy (non-hydrogen) atoms. The predicted octanol–water partition coefficient (Wildman–Crippen LogP) is 4.27. The third kappa shape index (κ3) is 5.09. The molecule has 2 N–H and O–H groups in total. The van der Waals surface area contributed by atoms with Gasteiger partial charge in [-0.2, -0.15) is 0 Å². The highest BCUT2D eigenvalue weighted by atomic mass is 16.5. The van der Waals surface area contributed by atoms with Crippen LogP contribution in [0.1, 0.15) is 38.3 Å². The summed E-state index contributed by atoms with van der Waals surface area (Å²) in [5, 5.41) is 5.58. The Kier molecular flexibility index (Phi) is 6.03. The van der Waals surface area contributed by atoms with Crippen molar-refractivity contribution in [2.45, 2.75) is 39.5 Å². The highest BCUT2D eigenvalue weighted by Gasteiger charge is 2.19. The van der Waals surface area contributed by atoms with Crippen molar-refractivity contribution in [1.82, 2.24) is 0 Å². The molecule has 0 aliphatic heterocycles. The Morgan fingerprint density at radius 1 is 0.962 bits per heavy atom. The number of carbonyl (C=O) groups excluding carboxylic acids is 2. The van der Waals surface area contributed by atoms with E-state index in [-0.39, 0.29) is 23.7 Å². The number of nitrogens with one attached hydrogen (secondary N) is 2. The summed E-state index contributed by atoms with van der Waals surface area (Å²) in [6.07, 6.45) is -0.268. The molecule has 0 heterocycles. The van der Waals surface area contributed by atoms with E-state index in [0.717, 1.165) is 16.8 Å². The molecular formula is C21H26N2O3. The number of para-hydroxylation sites is 1. The number of carbonyl (C=O) groups is 2. The second-order valence-electron chi connectivity index (χ2n) is 7.27. The second-order valence-corrected chi connectivity index (χ2v) is 7.27. The van der Waals surface area contributed by atoms with Crippen LogP contribution in [0.3, 0.4) is 0 Å². The quantitative estimate of drug-likeness (QED) is 0.788. The van der Waals surface area contributed by atoms with Crippen LogP contribution in [0, 0.1) is 6.92 Å². The maximum Gasteiger partial charge on any atom is 0.233 e. The van der Waals surface area contributed by atoms with Gasteiger partial charge in [-0.3, -0.25) is 9.59 Å². The maximum absolute atomic E-state index is 12.3. The van der Waals surface area contributed by atoms with Crippen molar-refractivity contribution in [3.05, 3.63) is 53.6 Å². The first-order valence-electron chi connectivity index (χ1n) is 8.54. The number of amides is 2. The Morgan fingerprint density at radius 3 is 2.19 bits per heavy atom. The summed E-state index contributed by atoms with van der Waals surface area (Å²) >= 11 is 0. The van der Waals surface area contributed by atoms with E-state index >= 15 is 0 Å². The minimum atomic E-state index is -0.389. The molecule has 2 amide bonds. The van der Waals surface area contributed by atoms with Crippen molar-refractivity contribution in [3.8, 4) is 5.75 Å². The fraction of sp³-hybridized carbons (Fsp3) is 0.333. The summed E-state index contributed by atoms with van der Waals surface area (Å²) in [5.41, 5.74) is 3.19. The third-order valence-corrected chi connectivity index (χ3v) is 3.96. The number of anilines is 2. The molecule has 0 atom stereocenters. The molecule has 0 saturated heterocycles. The maximum atomic E-state index is 12.3. The van der Waals surface area contributed by atoms with Crippen molar-refractivity contribution < 1.29 is 14.3 Å². The zero-order valence-corrected chi connectivity index (χ0v) is 16.0. The van der Waals surface area contributed by atoms with Crippen LogP contribution in [-0.2, 0) is 15.0 Å². The summed E-state index contributed by atoms with van der Waals surface area (Å²) in [7, 11) is 1.54. The van der Waals surface area contributed by atoms with E-state index in [2.05, 4.69) is 31.4 Å². The lowest BCUT2D eigenvalue weighted by Gasteiger charge is -2.23. The van der Waals surface area contributed by atoms with E-state index < -0.39 is 0 Å². The first-order chi connectivity index (χ1) is 12.2. The van der Waals surface area contributed by atoms with Crippen LogP contribution >= 0.6 is 0 Å². The molecule has 0 spiro atoms. The zero-order valence-electron chi connectivity index (χ0n) is 16.0. The lowest BCUT2D eigenvalue weighted by Crippen LogP contribution is -2.23. The molecule has 0 radical (unpaired) electrons. The number of ether oxygens (including phenoxy) is 1. The molecule has 138 valence electrons. The molecular weight excluding hydrogens is 328 g/mol. The van der Waals surface area contributed by atoms with E-state index in [1.54, 1.807) is 6.07 Å². The van der Waals surface area contributed by atoms with E-state index in [1.165, 1.54) is 7.11 Å². The van der Waals surface area contributed by atoms with Gasteiger partial charge in [-0.1, -0.05) is 45.0 Å². The van der Waals surface area contributed by atoms with Gasteiger partial charge in [-0.25, -0.2) is 0 Å². The lowest BCUT2D eigenvalue weighted by atomic mass is 9.86. The van der Waals surface area contributed by atoms with Gasteiger partial charge in [0.05, 0.1) is 12.8 Å². The number of rotatable bonds is 5. The highest BCUT2D eigenvalue weighted by molar-refractivity contribution is 6.08. The van der Waals surface area contributed by atoms with Crippen molar-refractivity contribution in [2.75, 3.05) is 17.7 Å². The summed E-state index contributed by atoms with van der Waals surface area (Å²) < 4.78 is 5.24. The van der Waals surface area contributed by atoms with Gasteiger partial charge in [0, 0.05) is 5.69 Å². The third-order valence-electron chi connectivity index (χ3n) is 3.96. The molecule has 5 nitrogen and oxygen atoms in total. The van der Waals surface area contributed by atoms with Gasteiger partial charge in [-0.05, 0) is 41.7 Å².